The van der Waals surface area contributed by atoms with E-state index in [1.807, 2.05) is 24.0 Å². The zero-order valence-corrected chi connectivity index (χ0v) is 10.5. The molecule has 6 heteroatoms. The molecular weight excluding hydrogens is 232 g/mol. The molecule has 0 radical (unpaired) electrons. The smallest absolute Gasteiger partial charge is 0.176 e. The molecule has 3 rings (SSSR count). The van der Waals surface area contributed by atoms with E-state index in [0.29, 0.717) is 13.2 Å². The molecule has 0 bridgehead atoms. The first kappa shape index (κ1) is 11.4. The maximum absolute atomic E-state index is 5.49. The van der Waals surface area contributed by atoms with Gasteiger partial charge in [0, 0.05) is 38.9 Å². The molecule has 2 aromatic heterocycles. The Kier molecular flexibility index (Phi) is 2.89. The zero-order chi connectivity index (χ0) is 12.5. The Morgan fingerprint density at radius 1 is 1.22 bits per heavy atom. The summed E-state index contributed by atoms with van der Waals surface area (Å²) in [6.07, 6.45) is 7.49. The first-order chi connectivity index (χ1) is 8.81. The average molecular weight is 248 g/mol. The summed E-state index contributed by atoms with van der Waals surface area (Å²) >= 11 is 0. The minimum atomic E-state index is 0.0678. The molecule has 96 valence electrons. The maximum atomic E-state index is 5.49. The Hall–Kier alpha value is -1.66. The molecule has 1 fully saturated rings. The summed E-state index contributed by atoms with van der Waals surface area (Å²) in [5, 5.41) is 0. The van der Waals surface area contributed by atoms with Gasteiger partial charge in [-0.2, -0.15) is 0 Å². The molecule has 2 atom stereocenters. The van der Waals surface area contributed by atoms with Crippen LogP contribution in [0.5, 0.6) is 0 Å². The van der Waals surface area contributed by atoms with E-state index in [9.17, 15) is 0 Å². The van der Waals surface area contributed by atoms with Crippen LogP contribution in [-0.4, -0.2) is 45.5 Å². The first-order valence-corrected chi connectivity index (χ1v) is 5.92. The predicted octanol–water partition coefficient (Wildman–Crippen LogP) is 0.870. The summed E-state index contributed by atoms with van der Waals surface area (Å²) in [5.74, 6) is 1.70. The average Bonchev–Trinajstić information content (AvgIpc) is 3.06. The number of rotatable bonds is 3. The molecule has 1 aliphatic heterocycles. The molecule has 0 N–H and O–H groups in total. The second kappa shape index (κ2) is 4.55. The van der Waals surface area contributed by atoms with Crippen LogP contribution in [0.15, 0.2) is 24.8 Å². The van der Waals surface area contributed by atoms with Gasteiger partial charge in [-0.3, -0.25) is 0 Å². The highest BCUT2D eigenvalue weighted by atomic mass is 16.5. The number of hydrogen-bond acceptors (Lipinski definition) is 4. The van der Waals surface area contributed by atoms with Crippen molar-refractivity contribution in [1.29, 1.82) is 0 Å². The molecule has 18 heavy (non-hydrogen) atoms. The second-order valence-corrected chi connectivity index (χ2v) is 4.40. The Balaban J connectivity index is 1.99. The molecular formula is C12H16N4O2. The number of methoxy groups -OCH3 is 1. The van der Waals surface area contributed by atoms with Gasteiger partial charge in [0.2, 0.25) is 0 Å². The van der Waals surface area contributed by atoms with Gasteiger partial charge >= 0.3 is 0 Å². The van der Waals surface area contributed by atoms with E-state index in [1.165, 1.54) is 0 Å². The lowest BCUT2D eigenvalue weighted by molar-refractivity contribution is 0.0688. The number of ether oxygens (including phenoxy) is 2. The first-order valence-electron chi connectivity index (χ1n) is 5.92. The van der Waals surface area contributed by atoms with Crippen molar-refractivity contribution < 1.29 is 9.47 Å². The molecule has 1 aliphatic rings. The molecule has 0 spiro atoms. The van der Waals surface area contributed by atoms with E-state index >= 15 is 0 Å². The van der Waals surface area contributed by atoms with Crippen LogP contribution in [0, 0.1) is 0 Å². The molecule has 3 heterocycles. The third-order valence-corrected chi connectivity index (χ3v) is 3.35. The van der Waals surface area contributed by atoms with Gasteiger partial charge in [-0.15, -0.1) is 0 Å². The van der Waals surface area contributed by atoms with Crippen LogP contribution in [-0.2, 0) is 16.5 Å². The molecule has 2 aromatic rings. The SMILES string of the molecule is CO[C@H]1COC[C@@H]1n1ccnc1-c1nccn1C. The number of nitrogens with zero attached hydrogens (tertiary/aromatic N) is 4. The third kappa shape index (κ3) is 1.74. The van der Waals surface area contributed by atoms with E-state index in [2.05, 4.69) is 14.5 Å². The van der Waals surface area contributed by atoms with Gasteiger partial charge in [0.05, 0.1) is 19.3 Å². The van der Waals surface area contributed by atoms with Crippen molar-refractivity contribution in [3.63, 3.8) is 0 Å². The van der Waals surface area contributed by atoms with Crippen molar-refractivity contribution in [2.75, 3.05) is 20.3 Å². The standard InChI is InChI=1S/C12H16N4O2/c1-15-5-3-13-11(15)12-14-4-6-16(12)9-7-18-8-10(9)17-2/h3-6,9-10H,7-8H2,1-2H3/t9-,10-/m0/s1. The van der Waals surface area contributed by atoms with Gasteiger partial charge in [-0.25, -0.2) is 9.97 Å². The Bertz CT molecular complexity index is 534. The maximum Gasteiger partial charge on any atom is 0.176 e. The lowest BCUT2D eigenvalue weighted by Crippen LogP contribution is -2.24. The number of aromatic nitrogens is 4. The minimum Gasteiger partial charge on any atom is -0.377 e. The van der Waals surface area contributed by atoms with E-state index in [4.69, 9.17) is 9.47 Å². The quantitative estimate of drug-likeness (QED) is 0.808. The molecule has 0 unspecified atom stereocenters. The predicted molar refractivity (Wildman–Crippen MR) is 65.1 cm³/mol. The molecule has 0 aromatic carbocycles. The van der Waals surface area contributed by atoms with Crippen LogP contribution in [0.1, 0.15) is 6.04 Å². The Labute approximate surface area is 105 Å². The van der Waals surface area contributed by atoms with Crippen LogP contribution in [0.25, 0.3) is 11.6 Å². The highest BCUT2D eigenvalue weighted by Gasteiger charge is 2.31. The van der Waals surface area contributed by atoms with Gasteiger partial charge in [0.15, 0.2) is 11.6 Å². The van der Waals surface area contributed by atoms with Crippen molar-refractivity contribution in [2.45, 2.75) is 12.1 Å². The van der Waals surface area contributed by atoms with E-state index in [-0.39, 0.29) is 12.1 Å². The van der Waals surface area contributed by atoms with Crippen molar-refractivity contribution in [3.05, 3.63) is 24.8 Å². The summed E-state index contributed by atoms with van der Waals surface area (Å²) in [6, 6.07) is 0.157. The monoisotopic (exact) mass is 248 g/mol. The summed E-state index contributed by atoms with van der Waals surface area (Å²) < 4.78 is 15.0. The van der Waals surface area contributed by atoms with Crippen LogP contribution >= 0.6 is 0 Å². The van der Waals surface area contributed by atoms with Crippen molar-refractivity contribution in [3.8, 4) is 11.6 Å². The van der Waals surface area contributed by atoms with Crippen LogP contribution in [0.3, 0.4) is 0 Å². The molecule has 6 nitrogen and oxygen atoms in total. The largest absolute Gasteiger partial charge is 0.377 e. The second-order valence-electron chi connectivity index (χ2n) is 4.40. The summed E-state index contributed by atoms with van der Waals surface area (Å²) in [7, 11) is 3.67. The molecule has 0 saturated carbocycles. The Morgan fingerprint density at radius 2 is 2.00 bits per heavy atom. The van der Waals surface area contributed by atoms with E-state index < -0.39 is 0 Å². The fraction of sp³-hybridized carbons (Fsp3) is 0.500. The van der Waals surface area contributed by atoms with Gasteiger partial charge in [0.1, 0.15) is 6.10 Å². The molecule has 0 amide bonds. The van der Waals surface area contributed by atoms with E-state index in [1.54, 1.807) is 19.5 Å². The summed E-state index contributed by atoms with van der Waals surface area (Å²) in [5.41, 5.74) is 0. The van der Waals surface area contributed by atoms with Gasteiger partial charge in [-0.1, -0.05) is 0 Å². The lowest BCUT2D eigenvalue weighted by atomic mass is 10.2. The van der Waals surface area contributed by atoms with Gasteiger partial charge in [0.25, 0.3) is 0 Å². The highest BCUT2D eigenvalue weighted by molar-refractivity contribution is 5.45. The fourth-order valence-corrected chi connectivity index (χ4v) is 2.34. The molecule has 0 aliphatic carbocycles. The summed E-state index contributed by atoms with van der Waals surface area (Å²) in [4.78, 5) is 8.74. The van der Waals surface area contributed by atoms with Gasteiger partial charge < -0.3 is 18.6 Å². The third-order valence-electron chi connectivity index (χ3n) is 3.35. The minimum absolute atomic E-state index is 0.0678. The van der Waals surface area contributed by atoms with Crippen molar-refractivity contribution in [2.24, 2.45) is 7.05 Å². The van der Waals surface area contributed by atoms with Crippen LogP contribution < -0.4 is 0 Å². The number of aryl methyl sites for hydroxylation is 1. The van der Waals surface area contributed by atoms with Crippen LogP contribution in [0.4, 0.5) is 0 Å². The fourth-order valence-electron chi connectivity index (χ4n) is 2.34. The molecule has 1 saturated heterocycles. The topological polar surface area (TPSA) is 54.1 Å². The van der Waals surface area contributed by atoms with Crippen molar-refractivity contribution in [1.82, 2.24) is 19.1 Å². The normalized spacial score (nSPS) is 23.7. The van der Waals surface area contributed by atoms with Gasteiger partial charge in [-0.05, 0) is 0 Å². The van der Waals surface area contributed by atoms with Crippen molar-refractivity contribution >= 4 is 0 Å². The number of hydrogen-bond donors (Lipinski definition) is 0. The lowest BCUT2D eigenvalue weighted by Gasteiger charge is -2.19. The number of imidazole rings is 2. The van der Waals surface area contributed by atoms with E-state index in [0.717, 1.165) is 11.6 Å². The zero-order valence-electron chi connectivity index (χ0n) is 10.5. The van der Waals surface area contributed by atoms with Crippen LogP contribution in [0.2, 0.25) is 0 Å². The Morgan fingerprint density at radius 3 is 2.72 bits per heavy atom. The summed E-state index contributed by atoms with van der Waals surface area (Å²) in [6.45, 7) is 1.27. The highest BCUT2D eigenvalue weighted by Crippen LogP contribution is 2.26.